The Labute approximate surface area is 117 Å². The number of anilines is 1. The maximum atomic E-state index is 12.2. The number of benzene rings is 1. The Kier molecular flexibility index (Phi) is 2.97. The van der Waals surface area contributed by atoms with E-state index < -0.39 is 11.7 Å². The summed E-state index contributed by atoms with van der Waals surface area (Å²) >= 11 is 0. The lowest BCUT2D eigenvalue weighted by molar-refractivity contribution is 0.102. The van der Waals surface area contributed by atoms with E-state index in [1.54, 1.807) is 18.2 Å². The van der Waals surface area contributed by atoms with Gasteiger partial charge in [0.2, 0.25) is 0 Å². The van der Waals surface area contributed by atoms with Crippen LogP contribution in [-0.4, -0.2) is 15.9 Å². The molecule has 0 unspecified atom stereocenters. The molecular formula is C14H8N4O3. The number of carbonyl (C=O) groups is 1. The summed E-state index contributed by atoms with van der Waals surface area (Å²) in [6.07, 6.45) is 1.38. The van der Waals surface area contributed by atoms with Crippen LogP contribution in [0.25, 0.3) is 11.1 Å². The lowest BCUT2D eigenvalue weighted by Gasteiger charge is -2.05. The predicted molar refractivity (Wildman–Crippen MR) is 73.7 cm³/mol. The second-order valence-electron chi connectivity index (χ2n) is 4.19. The minimum atomic E-state index is -0.595. The highest BCUT2D eigenvalue weighted by Gasteiger charge is 2.12. The van der Waals surface area contributed by atoms with Crippen molar-refractivity contribution in [1.29, 1.82) is 5.26 Å². The van der Waals surface area contributed by atoms with E-state index in [1.165, 1.54) is 18.3 Å². The summed E-state index contributed by atoms with van der Waals surface area (Å²) in [5.41, 5.74) is 1.56. The molecule has 102 valence electrons. The number of rotatable bonds is 2. The van der Waals surface area contributed by atoms with Crippen LogP contribution in [0.15, 0.2) is 45.7 Å². The largest absolute Gasteiger partial charge is 0.417 e. The van der Waals surface area contributed by atoms with Gasteiger partial charge in [0.15, 0.2) is 5.58 Å². The molecule has 0 saturated heterocycles. The average molecular weight is 280 g/mol. The molecule has 1 aromatic carbocycles. The molecule has 0 saturated carbocycles. The van der Waals surface area contributed by atoms with E-state index in [-0.39, 0.29) is 16.8 Å². The maximum Gasteiger partial charge on any atom is 0.417 e. The summed E-state index contributed by atoms with van der Waals surface area (Å²) in [6.45, 7) is 0. The van der Waals surface area contributed by atoms with Gasteiger partial charge in [-0.05, 0) is 24.3 Å². The zero-order chi connectivity index (χ0) is 14.8. The van der Waals surface area contributed by atoms with E-state index in [4.69, 9.17) is 9.68 Å². The molecule has 7 nitrogen and oxygen atoms in total. The molecule has 2 heterocycles. The number of hydrogen-bond acceptors (Lipinski definition) is 5. The Bertz CT molecular complexity index is 933. The molecule has 0 aliphatic carbocycles. The zero-order valence-electron chi connectivity index (χ0n) is 10.6. The summed E-state index contributed by atoms with van der Waals surface area (Å²) in [6, 6.07) is 9.69. The first kappa shape index (κ1) is 12.6. The van der Waals surface area contributed by atoms with Gasteiger partial charge in [0.1, 0.15) is 11.8 Å². The van der Waals surface area contributed by atoms with Crippen LogP contribution in [-0.2, 0) is 0 Å². The topological polar surface area (TPSA) is 112 Å². The second kappa shape index (κ2) is 4.94. The molecule has 7 heteroatoms. The van der Waals surface area contributed by atoms with Gasteiger partial charge in [-0.25, -0.2) is 9.78 Å². The number of carbonyl (C=O) groups excluding carboxylic acids is 1. The molecule has 0 spiro atoms. The van der Waals surface area contributed by atoms with Gasteiger partial charge in [-0.1, -0.05) is 6.07 Å². The maximum absolute atomic E-state index is 12.2. The van der Waals surface area contributed by atoms with Crippen molar-refractivity contribution in [3.63, 3.8) is 0 Å². The fourth-order valence-corrected chi connectivity index (χ4v) is 1.90. The SMILES string of the molecule is N#Cc1cc(C(=O)Nc2cccc3[nH]c(=O)oc23)ccn1. The molecule has 1 amide bonds. The minimum Gasteiger partial charge on any atom is -0.406 e. The van der Waals surface area contributed by atoms with Crippen molar-refractivity contribution < 1.29 is 9.21 Å². The number of oxazole rings is 1. The highest BCUT2D eigenvalue weighted by atomic mass is 16.4. The molecule has 0 bridgehead atoms. The van der Waals surface area contributed by atoms with Gasteiger partial charge >= 0.3 is 5.76 Å². The molecule has 0 aliphatic rings. The molecule has 3 rings (SSSR count). The van der Waals surface area contributed by atoms with Crippen LogP contribution in [0.1, 0.15) is 16.1 Å². The van der Waals surface area contributed by atoms with Crippen LogP contribution >= 0.6 is 0 Å². The van der Waals surface area contributed by atoms with Crippen molar-refractivity contribution in [2.75, 3.05) is 5.32 Å². The van der Waals surface area contributed by atoms with Crippen molar-refractivity contribution in [2.24, 2.45) is 0 Å². The van der Waals surface area contributed by atoms with Crippen LogP contribution in [0.5, 0.6) is 0 Å². The highest BCUT2D eigenvalue weighted by Crippen LogP contribution is 2.21. The first-order valence-corrected chi connectivity index (χ1v) is 5.97. The van der Waals surface area contributed by atoms with Crippen LogP contribution < -0.4 is 11.1 Å². The van der Waals surface area contributed by atoms with Crippen LogP contribution in [0, 0.1) is 11.3 Å². The van der Waals surface area contributed by atoms with Crippen molar-refractivity contribution in [2.45, 2.75) is 0 Å². The molecule has 0 atom stereocenters. The van der Waals surface area contributed by atoms with Gasteiger partial charge in [0.05, 0.1) is 11.2 Å². The molecule has 2 N–H and O–H groups in total. The molecule has 3 aromatic rings. The molecule has 0 radical (unpaired) electrons. The van der Waals surface area contributed by atoms with Crippen LogP contribution in [0.3, 0.4) is 0 Å². The van der Waals surface area contributed by atoms with Crippen molar-refractivity contribution >= 4 is 22.7 Å². The third-order valence-corrected chi connectivity index (χ3v) is 2.83. The smallest absolute Gasteiger partial charge is 0.406 e. The molecule has 21 heavy (non-hydrogen) atoms. The number of hydrogen-bond donors (Lipinski definition) is 2. The number of pyridine rings is 1. The zero-order valence-corrected chi connectivity index (χ0v) is 10.6. The van der Waals surface area contributed by atoms with E-state index in [9.17, 15) is 9.59 Å². The first-order chi connectivity index (χ1) is 10.2. The van der Waals surface area contributed by atoms with Gasteiger partial charge in [-0.2, -0.15) is 5.26 Å². The van der Waals surface area contributed by atoms with Crippen LogP contribution in [0.4, 0.5) is 5.69 Å². The molecule has 2 aromatic heterocycles. The van der Waals surface area contributed by atoms with E-state index in [2.05, 4.69) is 15.3 Å². The summed E-state index contributed by atoms with van der Waals surface area (Å²) in [7, 11) is 0. The predicted octanol–water partition coefficient (Wildman–Crippen LogP) is 1.64. The van der Waals surface area contributed by atoms with Gasteiger partial charge in [0, 0.05) is 11.8 Å². The Morgan fingerprint density at radius 2 is 2.24 bits per heavy atom. The number of fused-ring (bicyclic) bond motifs is 1. The normalized spacial score (nSPS) is 10.2. The van der Waals surface area contributed by atoms with Crippen LogP contribution in [0.2, 0.25) is 0 Å². The monoisotopic (exact) mass is 280 g/mol. The Morgan fingerprint density at radius 3 is 3.05 bits per heavy atom. The van der Waals surface area contributed by atoms with Gasteiger partial charge in [-0.3, -0.25) is 9.78 Å². The fraction of sp³-hybridized carbons (Fsp3) is 0. The number of H-pyrrole nitrogens is 1. The third-order valence-electron chi connectivity index (χ3n) is 2.83. The average Bonchev–Trinajstić information content (AvgIpc) is 2.88. The number of nitriles is 1. The summed E-state index contributed by atoms with van der Waals surface area (Å²) in [5.74, 6) is -1.02. The molecule has 0 aliphatic heterocycles. The number of nitrogens with zero attached hydrogens (tertiary/aromatic N) is 2. The summed E-state index contributed by atoms with van der Waals surface area (Å²) in [4.78, 5) is 29.7. The fourth-order valence-electron chi connectivity index (χ4n) is 1.90. The Balaban J connectivity index is 1.96. The minimum absolute atomic E-state index is 0.147. The standard InChI is InChI=1S/C14H8N4O3/c15-7-9-6-8(4-5-16-9)13(19)17-10-2-1-3-11-12(10)21-14(20)18-11/h1-6H,(H,17,19)(H,18,20). The van der Waals surface area contributed by atoms with E-state index in [0.29, 0.717) is 11.2 Å². The molecule has 0 fully saturated rings. The number of para-hydroxylation sites is 1. The first-order valence-electron chi connectivity index (χ1n) is 5.97. The van der Waals surface area contributed by atoms with E-state index >= 15 is 0 Å². The quantitative estimate of drug-likeness (QED) is 0.741. The number of amides is 1. The number of nitrogens with one attached hydrogen (secondary N) is 2. The van der Waals surface area contributed by atoms with Gasteiger partial charge in [-0.15, -0.1) is 0 Å². The second-order valence-corrected chi connectivity index (χ2v) is 4.19. The highest BCUT2D eigenvalue weighted by molar-refractivity contribution is 6.07. The summed E-state index contributed by atoms with van der Waals surface area (Å²) < 4.78 is 4.99. The van der Waals surface area contributed by atoms with Crippen molar-refractivity contribution in [3.05, 3.63) is 58.3 Å². The molecular weight excluding hydrogens is 272 g/mol. The number of aromatic nitrogens is 2. The number of aromatic amines is 1. The summed E-state index contributed by atoms with van der Waals surface area (Å²) in [5, 5.41) is 11.4. The lowest BCUT2D eigenvalue weighted by atomic mass is 10.2. The van der Waals surface area contributed by atoms with E-state index in [0.717, 1.165) is 0 Å². The van der Waals surface area contributed by atoms with E-state index in [1.807, 2.05) is 6.07 Å². The Morgan fingerprint density at radius 1 is 1.38 bits per heavy atom. The lowest BCUT2D eigenvalue weighted by Crippen LogP contribution is -2.12. The third kappa shape index (κ3) is 2.37. The van der Waals surface area contributed by atoms with Gasteiger partial charge in [0.25, 0.3) is 5.91 Å². The van der Waals surface area contributed by atoms with Gasteiger partial charge < -0.3 is 9.73 Å². The van der Waals surface area contributed by atoms with Crippen molar-refractivity contribution in [1.82, 2.24) is 9.97 Å². The van der Waals surface area contributed by atoms with Crippen molar-refractivity contribution in [3.8, 4) is 6.07 Å². The Hall–Kier alpha value is -3.40.